The molecule has 0 aliphatic carbocycles. The smallest absolute Gasteiger partial charge is 0.286 e. The van der Waals surface area contributed by atoms with Crippen molar-refractivity contribution in [2.75, 3.05) is 38.5 Å². The molecule has 4 heterocycles. The number of nitrogens with one attached hydrogen (secondary N) is 2. The van der Waals surface area contributed by atoms with Gasteiger partial charge in [0.05, 0.1) is 16.7 Å². The van der Waals surface area contributed by atoms with Crippen molar-refractivity contribution in [1.29, 1.82) is 0 Å². The third kappa shape index (κ3) is 7.53. The highest BCUT2D eigenvalue weighted by Crippen LogP contribution is 2.29. The number of nitrogens with zero attached hydrogens (tertiary/aromatic N) is 2. The minimum atomic E-state index is -0.602. The minimum Gasteiger partial charge on any atom is -0.430 e. The zero-order valence-electron chi connectivity index (χ0n) is 21.1. The molecule has 2 amide bonds. The highest BCUT2D eigenvalue weighted by molar-refractivity contribution is 6.04. The average molecular weight is 496 g/mol. The molecule has 0 radical (unpaired) electrons. The number of benzene rings is 1. The molecule has 2 aliphatic heterocycles. The molecule has 0 saturated carbocycles. The molecule has 0 bridgehead atoms. The van der Waals surface area contributed by atoms with E-state index in [-0.39, 0.29) is 5.76 Å². The van der Waals surface area contributed by atoms with E-state index in [4.69, 9.17) is 10.2 Å². The largest absolute Gasteiger partial charge is 0.430 e. The third-order valence-electron chi connectivity index (χ3n) is 6.37. The summed E-state index contributed by atoms with van der Waals surface area (Å²) in [6.07, 6.45) is 5.82. The van der Waals surface area contributed by atoms with Gasteiger partial charge in [-0.05, 0) is 63.4 Å². The second-order valence-electron chi connectivity index (χ2n) is 9.21. The van der Waals surface area contributed by atoms with Gasteiger partial charge < -0.3 is 30.8 Å². The van der Waals surface area contributed by atoms with Crippen molar-refractivity contribution in [2.45, 2.75) is 44.6 Å². The maximum atomic E-state index is 11.1. The van der Waals surface area contributed by atoms with E-state index >= 15 is 0 Å². The first-order valence-electron chi connectivity index (χ1n) is 12.4. The van der Waals surface area contributed by atoms with E-state index in [0.29, 0.717) is 11.4 Å². The summed E-state index contributed by atoms with van der Waals surface area (Å²) in [5.74, 6) is -0.486. The standard InChI is InChI=1S/C12H17NO.C10H11N3O2.C5H9NO/c14-12(6-8-13-9-7-12)10-11-4-2-1-3-5-11;1-5-3-4-6-7(12-2)8(9(11)14)15-10(6)13-5;7-5-6-3-1-2-4-6/h1-5,13-14H,6-10H2;3-4,12H,1-2H3,(H2,11,14);5H,1-4H2. The van der Waals surface area contributed by atoms with Gasteiger partial charge in [0.15, 0.2) is 0 Å². The Labute approximate surface area is 212 Å². The molecule has 194 valence electrons. The number of anilines is 1. The van der Waals surface area contributed by atoms with Crippen molar-refractivity contribution >= 4 is 29.1 Å². The van der Waals surface area contributed by atoms with Crippen molar-refractivity contribution in [3.8, 4) is 0 Å². The number of rotatable bonds is 5. The van der Waals surface area contributed by atoms with Crippen LogP contribution in [0.4, 0.5) is 5.69 Å². The lowest BCUT2D eigenvalue weighted by Gasteiger charge is -2.32. The number of nitrogens with two attached hydrogens (primary N) is 1. The Balaban J connectivity index is 0.000000160. The fourth-order valence-corrected chi connectivity index (χ4v) is 4.38. The molecule has 36 heavy (non-hydrogen) atoms. The summed E-state index contributed by atoms with van der Waals surface area (Å²) in [6.45, 7) is 5.67. The zero-order valence-corrected chi connectivity index (χ0v) is 21.1. The van der Waals surface area contributed by atoms with Gasteiger partial charge in [0.1, 0.15) is 0 Å². The summed E-state index contributed by atoms with van der Waals surface area (Å²) in [7, 11) is 1.70. The van der Waals surface area contributed by atoms with Gasteiger partial charge in [-0.25, -0.2) is 4.98 Å². The number of amides is 2. The number of piperidine rings is 1. The lowest BCUT2D eigenvalue weighted by molar-refractivity contribution is -0.117. The van der Waals surface area contributed by atoms with E-state index in [9.17, 15) is 14.7 Å². The maximum absolute atomic E-state index is 11.1. The number of aryl methyl sites for hydroxylation is 1. The predicted molar refractivity (Wildman–Crippen MR) is 141 cm³/mol. The van der Waals surface area contributed by atoms with Gasteiger partial charge in [0.25, 0.3) is 5.91 Å². The first kappa shape index (κ1) is 27.2. The number of pyridine rings is 1. The van der Waals surface area contributed by atoms with Crippen LogP contribution >= 0.6 is 0 Å². The molecule has 0 unspecified atom stereocenters. The lowest BCUT2D eigenvalue weighted by Crippen LogP contribution is -2.43. The highest BCUT2D eigenvalue weighted by atomic mass is 16.4. The van der Waals surface area contributed by atoms with E-state index in [1.54, 1.807) is 11.9 Å². The van der Waals surface area contributed by atoms with Crippen LogP contribution in [0, 0.1) is 6.92 Å². The first-order valence-corrected chi connectivity index (χ1v) is 12.4. The Kier molecular flexibility index (Phi) is 9.84. The molecule has 9 heteroatoms. The normalized spacial score (nSPS) is 16.4. The summed E-state index contributed by atoms with van der Waals surface area (Å²) in [5.41, 5.74) is 7.79. The molecule has 1 aromatic carbocycles. The number of carbonyl (C=O) groups excluding carboxylic acids is 2. The molecular formula is C27H37N5O4. The van der Waals surface area contributed by atoms with Gasteiger partial charge in [-0.15, -0.1) is 0 Å². The van der Waals surface area contributed by atoms with Crippen molar-refractivity contribution in [2.24, 2.45) is 5.73 Å². The number of primary amides is 1. The SMILES string of the molecule is CNc1c(C(N)=O)oc2nc(C)ccc12.O=CN1CCCC1.OC1(Cc2ccccc2)CCNCC1. The number of aliphatic hydroxyl groups is 1. The fraction of sp³-hybridized carbons (Fsp3) is 0.444. The van der Waals surface area contributed by atoms with Gasteiger partial charge in [0.2, 0.25) is 17.9 Å². The molecule has 2 aliphatic rings. The van der Waals surface area contributed by atoms with E-state index in [1.165, 1.54) is 18.4 Å². The van der Waals surface area contributed by atoms with Crippen LogP contribution in [0.3, 0.4) is 0 Å². The molecular weight excluding hydrogens is 458 g/mol. The second kappa shape index (κ2) is 13.0. The molecule has 2 saturated heterocycles. The quantitative estimate of drug-likeness (QED) is 0.400. The van der Waals surface area contributed by atoms with Crippen LogP contribution in [0.15, 0.2) is 46.9 Å². The van der Waals surface area contributed by atoms with Crippen LogP contribution in [-0.2, 0) is 11.2 Å². The second-order valence-corrected chi connectivity index (χ2v) is 9.21. The Bertz CT molecular complexity index is 1120. The zero-order chi connectivity index (χ0) is 26.0. The van der Waals surface area contributed by atoms with E-state index in [2.05, 4.69) is 27.8 Å². The highest BCUT2D eigenvalue weighted by Gasteiger charge is 2.28. The molecule has 5 N–H and O–H groups in total. The number of hydrogen-bond acceptors (Lipinski definition) is 7. The molecule has 2 fully saturated rings. The van der Waals surface area contributed by atoms with Crippen molar-refractivity contribution in [3.63, 3.8) is 0 Å². The van der Waals surface area contributed by atoms with Crippen LogP contribution < -0.4 is 16.4 Å². The van der Waals surface area contributed by atoms with Gasteiger partial charge in [0, 0.05) is 32.3 Å². The summed E-state index contributed by atoms with van der Waals surface area (Å²) < 4.78 is 5.28. The third-order valence-corrected chi connectivity index (χ3v) is 6.37. The lowest BCUT2D eigenvalue weighted by atomic mass is 9.86. The van der Waals surface area contributed by atoms with E-state index in [0.717, 1.165) is 62.9 Å². The first-order chi connectivity index (χ1) is 17.3. The molecule has 0 spiro atoms. The van der Waals surface area contributed by atoms with Gasteiger partial charge in [-0.1, -0.05) is 30.3 Å². The topological polar surface area (TPSA) is 134 Å². The van der Waals surface area contributed by atoms with Crippen LogP contribution in [0.5, 0.6) is 0 Å². The molecule has 5 rings (SSSR count). The number of hydrogen-bond donors (Lipinski definition) is 4. The fourth-order valence-electron chi connectivity index (χ4n) is 4.38. The Hall–Kier alpha value is -3.43. The van der Waals surface area contributed by atoms with Crippen LogP contribution in [0.1, 0.15) is 47.5 Å². The molecule has 9 nitrogen and oxygen atoms in total. The number of furan rings is 1. The molecule has 0 atom stereocenters. The minimum absolute atomic E-state index is 0.116. The van der Waals surface area contributed by atoms with Crippen molar-refractivity contribution in [1.82, 2.24) is 15.2 Å². The van der Waals surface area contributed by atoms with Crippen LogP contribution in [0.2, 0.25) is 0 Å². The number of aromatic nitrogens is 1. The Morgan fingerprint density at radius 1 is 1.19 bits per heavy atom. The van der Waals surface area contributed by atoms with Gasteiger partial charge in [-0.2, -0.15) is 0 Å². The predicted octanol–water partition coefficient (Wildman–Crippen LogP) is 2.86. The number of carbonyl (C=O) groups is 2. The average Bonchev–Trinajstić information content (AvgIpc) is 3.53. The van der Waals surface area contributed by atoms with E-state index in [1.807, 2.05) is 37.3 Å². The van der Waals surface area contributed by atoms with Crippen LogP contribution in [-0.4, -0.2) is 66.1 Å². The number of fused-ring (bicyclic) bond motifs is 1. The van der Waals surface area contributed by atoms with Crippen molar-refractivity contribution < 1.29 is 19.1 Å². The monoisotopic (exact) mass is 495 g/mol. The summed E-state index contributed by atoms with van der Waals surface area (Å²) >= 11 is 0. The van der Waals surface area contributed by atoms with Gasteiger partial charge in [-0.3, -0.25) is 9.59 Å². The van der Waals surface area contributed by atoms with Gasteiger partial charge >= 0.3 is 0 Å². The Morgan fingerprint density at radius 3 is 2.42 bits per heavy atom. The Morgan fingerprint density at radius 2 is 1.86 bits per heavy atom. The summed E-state index contributed by atoms with van der Waals surface area (Å²) in [4.78, 5) is 27.0. The van der Waals surface area contributed by atoms with E-state index < -0.39 is 11.5 Å². The van der Waals surface area contributed by atoms with Crippen LogP contribution in [0.25, 0.3) is 11.1 Å². The molecule has 3 aromatic rings. The summed E-state index contributed by atoms with van der Waals surface area (Å²) in [6, 6.07) is 13.9. The maximum Gasteiger partial charge on any atom is 0.286 e. The number of likely N-dealkylation sites (tertiary alicyclic amines) is 1. The van der Waals surface area contributed by atoms with Crippen molar-refractivity contribution in [3.05, 3.63) is 59.5 Å². The molecule has 2 aromatic heterocycles. The summed E-state index contributed by atoms with van der Waals surface area (Å²) in [5, 5.41) is 17.2.